The quantitative estimate of drug-likeness (QED) is 0.450. The third-order valence-corrected chi connectivity index (χ3v) is 5.84. The number of benzene rings is 2. The molecule has 3 aromatic rings. The SMILES string of the molecule is Cc1ccc([S+](=O)([O-])NCCNC(=O)c2cccc(-c3ncccc3C#N)c2)cc1. The van der Waals surface area contributed by atoms with E-state index in [-0.39, 0.29) is 23.9 Å². The second-order valence-electron chi connectivity index (χ2n) is 6.56. The van der Waals surface area contributed by atoms with Crippen LogP contribution in [0.3, 0.4) is 0 Å². The molecule has 0 radical (unpaired) electrons. The summed E-state index contributed by atoms with van der Waals surface area (Å²) in [5, 5.41) is 11.9. The van der Waals surface area contributed by atoms with Crippen LogP contribution in [-0.2, 0) is 14.6 Å². The highest BCUT2D eigenvalue weighted by atomic mass is 32.3. The average Bonchev–Trinajstić information content (AvgIpc) is 2.77. The maximum absolute atomic E-state index is 12.4. The number of sulfonamides is 1. The monoisotopic (exact) mass is 420 g/mol. The number of carbonyl (C=O) groups excluding carboxylic acids is 1. The summed E-state index contributed by atoms with van der Waals surface area (Å²) >= 11 is 0. The molecule has 0 fully saturated rings. The summed E-state index contributed by atoms with van der Waals surface area (Å²) in [5.74, 6) is -0.346. The molecule has 1 unspecified atom stereocenters. The fraction of sp³-hybridized carbons (Fsp3) is 0.136. The van der Waals surface area contributed by atoms with Gasteiger partial charge in [0.25, 0.3) is 5.91 Å². The van der Waals surface area contributed by atoms with Crippen LogP contribution in [0.5, 0.6) is 0 Å². The van der Waals surface area contributed by atoms with E-state index in [1.165, 1.54) is 12.1 Å². The molecule has 1 aromatic heterocycles. The van der Waals surface area contributed by atoms with Crippen molar-refractivity contribution < 1.29 is 13.6 Å². The van der Waals surface area contributed by atoms with Gasteiger partial charge in [0, 0.05) is 23.9 Å². The van der Waals surface area contributed by atoms with Gasteiger partial charge in [0.05, 0.1) is 17.8 Å². The molecule has 3 rings (SSSR count). The van der Waals surface area contributed by atoms with Gasteiger partial charge in [-0.25, -0.2) is 0 Å². The van der Waals surface area contributed by atoms with Gasteiger partial charge < -0.3 is 9.87 Å². The smallest absolute Gasteiger partial charge is 0.251 e. The molecule has 0 bridgehead atoms. The Morgan fingerprint density at radius 1 is 1.13 bits per heavy atom. The summed E-state index contributed by atoms with van der Waals surface area (Å²) in [6.07, 6.45) is 1.59. The fourth-order valence-corrected chi connectivity index (χ4v) is 3.83. The molecule has 7 nitrogen and oxygen atoms in total. The predicted molar refractivity (Wildman–Crippen MR) is 113 cm³/mol. The summed E-state index contributed by atoms with van der Waals surface area (Å²) < 4.78 is 27.0. The first-order chi connectivity index (χ1) is 14.4. The average molecular weight is 420 g/mol. The molecule has 0 aliphatic heterocycles. The zero-order chi connectivity index (χ0) is 21.6. The number of rotatable bonds is 7. The van der Waals surface area contributed by atoms with Crippen LogP contribution >= 0.6 is 0 Å². The normalized spacial score (nSPS) is 12.6. The highest BCUT2D eigenvalue weighted by molar-refractivity contribution is 7.95. The van der Waals surface area contributed by atoms with Crippen LogP contribution in [0.1, 0.15) is 21.5 Å². The van der Waals surface area contributed by atoms with Gasteiger partial charge in [-0.3, -0.25) is 9.78 Å². The van der Waals surface area contributed by atoms with Gasteiger partial charge >= 0.3 is 0 Å². The van der Waals surface area contributed by atoms with E-state index in [9.17, 15) is 18.8 Å². The van der Waals surface area contributed by atoms with Crippen molar-refractivity contribution in [2.24, 2.45) is 0 Å². The predicted octanol–water partition coefficient (Wildman–Crippen LogP) is 2.85. The molecule has 2 N–H and O–H groups in total. The fourth-order valence-electron chi connectivity index (χ4n) is 2.80. The minimum atomic E-state index is -3.63. The van der Waals surface area contributed by atoms with Crippen molar-refractivity contribution in [3.63, 3.8) is 0 Å². The summed E-state index contributed by atoms with van der Waals surface area (Å²) in [4.78, 5) is 16.8. The molecule has 152 valence electrons. The molecule has 0 aliphatic rings. The first-order valence-corrected chi connectivity index (χ1v) is 10.7. The Bertz CT molecular complexity index is 1140. The number of nitriles is 1. The van der Waals surface area contributed by atoms with Crippen LogP contribution in [0.25, 0.3) is 11.3 Å². The van der Waals surface area contributed by atoms with Crippen molar-refractivity contribution in [3.8, 4) is 17.3 Å². The van der Waals surface area contributed by atoms with E-state index in [1.807, 2.05) is 6.92 Å². The molecule has 2 aromatic carbocycles. The first-order valence-electron chi connectivity index (χ1n) is 9.21. The standard InChI is InChI=1S/C22H20N4O3S/c1-16-7-9-20(10-8-16)30(28,29)26-13-12-25-22(27)18-5-2-4-17(14-18)21-19(15-23)6-3-11-24-21/h2-11,14H,12-13H2,1H3,(H2-,25,26,27,28,29). The number of aryl methyl sites for hydroxylation is 1. The molecular weight excluding hydrogens is 400 g/mol. The second-order valence-corrected chi connectivity index (χ2v) is 8.33. The number of carbonyl (C=O) groups is 1. The highest BCUT2D eigenvalue weighted by Crippen LogP contribution is 2.21. The Morgan fingerprint density at radius 2 is 1.90 bits per heavy atom. The minimum absolute atomic E-state index is 0.0560. The third kappa shape index (κ3) is 5.15. The number of nitrogens with zero attached hydrogens (tertiary/aromatic N) is 2. The zero-order valence-electron chi connectivity index (χ0n) is 16.3. The van der Waals surface area contributed by atoms with E-state index >= 15 is 0 Å². The van der Waals surface area contributed by atoms with Crippen LogP contribution in [0.2, 0.25) is 0 Å². The number of hydrogen-bond donors (Lipinski definition) is 2. The van der Waals surface area contributed by atoms with Gasteiger partial charge in [0.1, 0.15) is 6.07 Å². The van der Waals surface area contributed by atoms with Crippen molar-refractivity contribution >= 4 is 16.3 Å². The van der Waals surface area contributed by atoms with Gasteiger partial charge in [0.2, 0.25) is 0 Å². The lowest BCUT2D eigenvalue weighted by atomic mass is 10.0. The Morgan fingerprint density at radius 3 is 2.63 bits per heavy atom. The number of aromatic nitrogens is 1. The first kappa shape index (κ1) is 21.3. The van der Waals surface area contributed by atoms with Crippen molar-refractivity contribution in [1.82, 2.24) is 15.0 Å². The Kier molecular flexibility index (Phi) is 6.69. The van der Waals surface area contributed by atoms with Gasteiger partial charge in [-0.05, 0) is 43.3 Å². The Labute approximate surface area is 176 Å². The van der Waals surface area contributed by atoms with Crippen LogP contribution in [0, 0.1) is 18.3 Å². The maximum Gasteiger partial charge on any atom is 0.251 e. The molecular formula is C22H20N4O3S. The van der Waals surface area contributed by atoms with E-state index in [4.69, 9.17) is 0 Å². The van der Waals surface area contributed by atoms with Crippen molar-refractivity contribution in [2.75, 3.05) is 13.1 Å². The topological polar surface area (TPSA) is 118 Å². The number of amides is 1. The number of pyridine rings is 1. The molecule has 0 aliphatic carbocycles. The van der Waals surface area contributed by atoms with E-state index in [0.717, 1.165) is 5.56 Å². The molecule has 30 heavy (non-hydrogen) atoms. The molecule has 0 saturated carbocycles. The summed E-state index contributed by atoms with van der Waals surface area (Å²) in [6, 6.07) is 18.7. The Balaban J connectivity index is 1.60. The van der Waals surface area contributed by atoms with Gasteiger partial charge in [-0.15, -0.1) is 4.72 Å². The molecule has 8 heteroatoms. The van der Waals surface area contributed by atoms with E-state index in [1.54, 1.807) is 54.7 Å². The molecule has 1 amide bonds. The van der Waals surface area contributed by atoms with Gasteiger partial charge in [0.15, 0.2) is 15.3 Å². The number of hydrogen-bond acceptors (Lipinski definition) is 5. The third-order valence-electron chi connectivity index (χ3n) is 4.36. The molecule has 0 spiro atoms. The lowest BCUT2D eigenvalue weighted by Crippen LogP contribution is -2.37. The van der Waals surface area contributed by atoms with Gasteiger partial charge in [-0.1, -0.05) is 34.0 Å². The lowest BCUT2D eigenvalue weighted by molar-refractivity contribution is 0.0954. The van der Waals surface area contributed by atoms with Crippen molar-refractivity contribution in [1.29, 1.82) is 5.26 Å². The largest absolute Gasteiger partial charge is 0.593 e. The van der Waals surface area contributed by atoms with Gasteiger partial charge in [-0.2, -0.15) is 5.26 Å². The molecule has 1 heterocycles. The number of nitrogens with one attached hydrogen (secondary N) is 2. The minimum Gasteiger partial charge on any atom is -0.593 e. The van der Waals surface area contributed by atoms with Crippen LogP contribution in [0.15, 0.2) is 71.8 Å². The van der Waals surface area contributed by atoms with E-state index in [0.29, 0.717) is 22.4 Å². The maximum atomic E-state index is 12.4. The summed E-state index contributed by atoms with van der Waals surface area (Å²) in [6.45, 7) is 2.06. The van der Waals surface area contributed by atoms with Crippen LogP contribution in [-0.4, -0.2) is 28.5 Å². The zero-order valence-corrected chi connectivity index (χ0v) is 17.1. The van der Waals surface area contributed by atoms with Crippen LogP contribution in [0.4, 0.5) is 0 Å². The second kappa shape index (κ2) is 9.41. The Hall–Kier alpha value is -3.38. The lowest BCUT2D eigenvalue weighted by Gasteiger charge is -2.15. The summed E-state index contributed by atoms with van der Waals surface area (Å²) in [7, 11) is -3.63. The molecule has 1 atom stereocenters. The van der Waals surface area contributed by atoms with E-state index in [2.05, 4.69) is 21.1 Å². The van der Waals surface area contributed by atoms with Crippen molar-refractivity contribution in [3.05, 3.63) is 83.6 Å². The highest BCUT2D eigenvalue weighted by Gasteiger charge is 2.19. The molecule has 0 saturated heterocycles. The summed E-state index contributed by atoms with van der Waals surface area (Å²) in [5.41, 5.74) is 2.93. The van der Waals surface area contributed by atoms with Crippen LogP contribution < -0.4 is 10.0 Å². The van der Waals surface area contributed by atoms with Crippen molar-refractivity contribution in [2.45, 2.75) is 11.8 Å². The van der Waals surface area contributed by atoms with E-state index < -0.39 is 10.4 Å².